The Labute approximate surface area is 293 Å². The Balaban J connectivity index is 1.53. The number of carboxylic acid groups (broad SMARTS) is 1. The van der Waals surface area contributed by atoms with Gasteiger partial charge in [0.05, 0.1) is 32.9 Å². The van der Waals surface area contributed by atoms with Gasteiger partial charge in [0.1, 0.15) is 17.9 Å². The normalized spacial score (nSPS) is 17.0. The summed E-state index contributed by atoms with van der Waals surface area (Å²) in [5, 5.41) is 13.2. The molecule has 1 saturated heterocycles. The molecule has 4 rings (SSSR count). The number of nitrogens with one attached hydrogen (secondary N) is 1. The van der Waals surface area contributed by atoms with Crippen LogP contribution in [0.4, 0.5) is 9.18 Å². The molecule has 0 saturated carbocycles. The number of amides is 2. The minimum Gasteiger partial charge on any atom is -0.494 e. The highest BCUT2D eigenvalue weighted by Crippen LogP contribution is 2.39. The maximum Gasteiger partial charge on any atom is 0.556 e. The van der Waals surface area contributed by atoms with Crippen molar-refractivity contribution in [3.63, 3.8) is 0 Å². The lowest BCUT2D eigenvalue weighted by atomic mass is 10.00. The summed E-state index contributed by atoms with van der Waals surface area (Å²) in [6.45, 7) is -0.666. The third kappa shape index (κ3) is 8.83. The minimum absolute atomic E-state index is 0.00667. The number of methoxy groups -OCH3 is 5. The molecular weight excluding hydrogens is 675 g/mol. The van der Waals surface area contributed by atoms with Gasteiger partial charge in [0.2, 0.25) is 5.75 Å². The fourth-order valence-corrected chi connectivity index (χ4v) is 5.51. The van der Waals surface area contributed by atoms with Crippen LogP contribution in [0.5, 0.6) is 28.7 Å². The van der Waals surface area contributed by atoms with Crippen LogP contribution in [0.15, 0.2) is 48.5 Å². The summed E-state index contributed by atoms with van der Waals surface area (Å²) in [5.41, 5.74) is -0.301. The molecule has 2 N–H and O–H groups in total. The van der Waals surface area contributed by atoms with Crippen molar-refractivity contribution in [3.8, 4) is 28.7 Å². The summed E-state index contributed by atoms with van der Waals surface area (Å²) in [6, 6.07) is 9.95. The Morgan fingerprint density at radius 1 is 0.784 bits per heavy atom. The smallest absolute Gasteiger partial charge is 0.494 e. The maximum absolute atomic E-state index is 15.2. The van der Waals surface area contributed by atoms with E-state index < -0.39 is 45.8 Å². The monoisotopic (exact) mass is 715 g/mol. The van der Waals surface area contributed by atoms with Crippen molar-refractivity contribution in [1.29, 1.82) is 0 Å². The summed E-state index contributed by atoms with van der Waals surface area (Å²) in [7, 11) is 6.87. The quantitative estimate of drug-likeness (QED) is 0.135. The molecule has 2 amide bonds. The number of hydroxylamine groups is 3. The molecule has 274 valence electrons. The van der Waals surface area contributed by atoms with Crippen LogP contribution < -0.4 is 29.0 Å². The molecule has 1 heterocycles. The molecular formula is C35H40FN2O13+. The molecule has 2 unspecified atom stereocenters. The number of halogens is 1. The van der Waals surface area contributed by atoms with Crippen LogP contribution in [-0.2, 0) is 14.3 Å². The largest absolute Gasteiger partial charge is 0.556 e. The fourth-order valence-electron chi connectivity index (χ4n) is 5.51. The van der Waals surface area contributed by atoms with Gasteiger partial charge >= 0.3 is 12.1 Å². The van der Waals surface area contributed by atoms with Crippen molar-refractivity contribution in [3.05, 3.63) is 76.6 Å². The highest BCUT2D eigenvalue weighted by Gasteiger charge is 2.47. The van der Waals surface area contributed by atoms with E-state index in [1.165, 1.54) is 84.1 Å². The Morgan fingerprint density at radius 3 is 1.96 bits per heavy atom. The van der Waals surface area contributed by atoms with Gasteiger partial charge in [-0.2, -0.15) is 4.79 Å². The van der Waals surface area contributed by atoms with Crippen LogP contribution in [0.25, 0.3) is 0 Å². The van der Waals surface area contributed by atoms with Crippen LogP contribution in [0.3, 0.4) is 0 Å². The Morgan fingerprint density at radius 2 is 1.37 bits per heavy atom. The van der Waals surface area contributed by atoms with Crippen LogP contribution in [0, 0.1) is 5.82 Å². The number of likely N-dealkylation sites (tertiary alicyclic amines) is 1. The zero-order valence-electron chi connectivity index (χ0n) is 28.8. The van der Waals surface area contributed by atoms with Crippen molar-refractivity contribution in [2.45, 2.75) is 25.3 Å². The highest BCUT2D eigenvalue weighted by molar-refractivity contribution is 6.11. The lowest BCUT2D eigenvalue weighted by molar-refractivity contribution is -1.03. The molecule has 3 aromatic rings. The predicted octanol–water partition coefficient (Wildman–Crippen LogP) is 4.60. The molecule has 2 atom stereocenters. The molecule has 0 aliphatic carbocycles. The standard InChI is InChI=1S/C35H39FN2O13/c1-44-19-49-25-13-14-26(46-3)30(36)29(25)31(39)21-9-11-22(12-10-21)34(41)51-38(35(42)43)15-7-6-8-24(18-38)37-33(40)23-16-27(47-4)32(50-20-45-2)28(17-23)48-5/h9-14,16-17,24H,6-8,15,18-20H2,1-5H3,(H-,37,40,42,43)/p+1. The number of carbonyl (C=O) groups excluding carboxylic acids is 3. The summed E-state index contributed by atoms with van der Waals surface area (Å²) in [4.78, 5) is 58.5. The van der Waals surface area contributed by atoms with Gasteiger partial charge < -0.3 is 43.6 Å². The van der Waals surface area contributed by atoms with E-state index >= 15 is 4.39 Å². The molecule has 0 bridgehead atoms. The molecule has 51 heavy (non-hydrogen) atoms. The third-order valence-corrected chi connectivity index (χ3v) is 8.05. The van der Waals surface area contributed by atoms with E-state index in [4.69, 9.17) is 38.0 Å². The molecule has 15 nitrogen and oxygen atoms in total. The van der Waals surface area contributed by atoms with Crippen molar-refractivity contribution < 1.29 is 71.3 Å². The van der Waals surface area contributed by atoms with Gasteiger partial charge in [-0.1, -0.05) is 12.1 Å². The van der Waals surface area contributed by atoms with Gasteiger partial charge in [0.15, 0.2) is 49.0 Å². The molecule has 1 aliphatic heterocycles. The van der Waals surface area contributed by atoms with Gasteiger partial charge in [-0.05, 0) is 53.9 Å². The number of ketones is 1. The first kappa shape index (κ1) is 38.4. The lowest BCUT2D eigenvalue weighted by Crippen LogP contribution is -2.58. The van der Waals surface area contributed by atoms with Crippen molar-refractivity contribution in [2.75, 3.05) is 62.2 Å². The SMILES string of the molecule is COCOc1ccc(OC)c(F)c1C(=O)c1ccc(C(=O)O[N+]2(C(=O)O)CCCCC(NC(=O)c3cc(OC)c(OCOC)c(OC)c3)C2)cc1. The van der Waals surface area contributed by atoms with E-state index in [9.17, 15) is 24.3 Å². The first-order chi connectivity index (χ1) is 24.5. The number of nitrogens with zero attached hydrogens (tertiary/aromatic N) is 1. The Hall–Kier alpha value is -5.45. The highest BCUT2D eigenvalue weighted by atomic mass is 19.1. The van der Waals surface area contributed by atoms with Crippen molar-refractivity contribution >= 4 is 23.8 Å². The lowest BCUT2D eigenvalue weighted by Gasteiger charge is -2.30. The topological polar surface area (TPSA) is 174 Å². The van der Waals surface area contributed by atoms with E-state index in [1.807, 2.05) is 0 Å². The van der Waals surface area contributed by atoms with Crippen LogP contribution in [0.1, 0.15) is 55.9 Å². The zero-order chi connectivity index (χ0) is 37.1. The second kappa shape index (κ2) is 17.5. The third-order valence-electron chi connectivity index (χ3n) is 8.05. The Kier molecular flexibility index (Phi) is 13.1. The van der Waals surface area contributed by atoms with E-state index in [0.29, 0.717) is 19.3 Å². The average molecular weight is 716 g/mol. The first-order valence-electron chi connectivity index (χ1n) is 15.7. The van der Waals surface area contributed by atoms with E-state index in [-0.39, 0.29) is 72.1 Å². The second-order valence-corrected chi connectivity index (χ2v) is 11.3. The van der Waals surface area contributed by atoms with Gasteiger partial charge in [-0.25, -0.2) is 9.18 Å². The second-order valence-electron chi connectivity index (χ2n) is 11.3. The van der Waals surface area contributed by atoms with Crippen molar-refractivity contribution in [1.82, 2.24) is 5.32 Å². The molecule has 3 aromatic carbocycles. The number of hydrogen-bond donors (Lipinski definition) is 2. The molecule has 16 heteroatoms. The molecule has 1 aliphatic rings. The minimum atomic E-state index is -1.43. The van der Waals surface area contributed by atoms with Crippen LogP contribution >= 0.6 is 0 Å². The average Bonchev–Trinajstić information content (AvgIpc) is 3.34. The molecule has 0 spiro atoms. The fraction of sp³-hybridized carbons (Fsp3) is 0.371. The number of benzene rings is 3. The number of quaternary nitrogens is 1. The van der Waals surface area contributed by atoms with Crippen LogP contribution in [0.2, 0.25) is 0 Å². The molecule has 0 aromatic heterocycles. The zero-order valence-corrected chi connectivity index (χ0v) is 28.8. The van der Waals surface area contributed by atoms with Gasteiger partial charge in [0.25, 0.3) is 5.91 Å². The number of ether oxygens (including phenoxy) is 7. The molecule has 1 fully saturated rings. The summed E-state index contributed by atoms with van der Waals surface area (Å²) in [6.07, 6.45) is -0.101. The van der Waals surface area contributed by atoms with E-state index in [2.05, 4.69) is 5.32 Å². The van der Waals surface area contributed by atoms with E-state index in [1.54, 1.807) is 0 Å². The van der Waals surface area contributed by atoms with Gasteiger partial charge in [0, 0.05) is 31.8 Å². The van der Waals surface area contributed by atoms with Gasteiger partial charge in [-0.15, -0.1) is 0 Å². The number of carbonyl (C=O) groups is 4. The summed E-state index contributed by atoms with van der Waals surface area (Å²) in [5.74, 6) is -2.84. The predicted molar refractivity (Wildman–Crippen MR) is 176 cm³/mol. The summed E-state index contributed by atoms with van der Waals surface area (Å²) >= 11 is 0. The number of rotatable bonds is 14. The van der Waals surface area contributed by atoms with Crippen LogP contribution in [-0.4, -0.2) is 102 Å². The van der Waals surface area contributed by atoms with E-state index in [0.717, 1.165) is 0 Å². The first-order valence-corrected chi connectivity index (χ1v) is 15.7. The maximum atomic E-state index is 15.2. The number of hydrogen-bond acceptors (Lipinski definition) is 12. The summed E-state index contributed by atoms with van der Waals surface area (Å²) < 4.78 is 50.6. The van der Waals surface area contributed by atoms with Gasteiger partial charge in [-0.3, -0.25) is 14.4 Å². The van der Waals surface area contributed by atoms with Crippen molar-refractivity contribution in [2.24, 2.45) is 0 Å². The molecule has 0 radical (unpaired) electrons. The Bertz CT molecular complexity index is 1710.